The number of methoxy groups -OCH3 is 1. The summed E-state index contributed by atoms with van der Waals surface area (Å²) in [5.74, 6) is 1.30. The molecule has 0 amide bonds. The molecule has 7 heteroatoms. The van der Waals surface area contributed by atoms with Crippen LogP contribution in [0.2, 0.25) is 0 Å². The lowest BCUT2D eigenvalue weighted by Crippen LogP contribution is -2.32. The zero-order valence-corrected chi connectivity index (χ0v) is 20.4. The van der Waals surface area contributed by atoms with E-state index in [1.54, 1.807) is 30.9 Å². The van der Waals surface area contributed by atoms with Crippen molar-refractivity contribution in [3.63, 3.8) is 0 Å². The van der Waals surface area contributed by atoms with Gasteiger partial charge in [0.05, 0.1) is 30.0 Å². The van der Waals surface area contributed by atoms with E-state index in [1.165, 1.54) is 6.08 Å². The minimum atomic E-state index is -0.138. The molecule has 0 radical (unpaired) electrons. The minimum Gasteiger partial charge on any atom is -0.497 e. The van der Waals surface area contributed by atoms with Gasteiger partial charge >= 0.3 is 0 Å². The third kappa shape index (κ3) is 6.43. The van der Waals surface area contributed by atoms with Crippen molar-refractivity contribution in [2.24, 2.45) is 7.05 Å². The van der Waals surface area contributed by atoms with Crippen LogP contribution in [0.5, 0.6) is 5.75 Å². The molecule has 0 atom stereocenters. The maximum absolute atomic E-state index is 13.6. The molecule has 0 aliphatic heterocycles. The van der Waals surface area contributed by atoms with Gasteiger partial charge in [-0.15, -0.1) is 0 Å². The predicted octanol–water partition coefficient (Wildman–Crippen LogP) is 3.88. The molecule has 2 aromatic rings. The molecule has 1 aromatic heterocycles. The second-order valence-corrected chi connectivity index (χ2v) is 8.09. The van der Waals surface area contributed by atoms with E-state index in [1.807, 2.05) is 57.2 Å². The lowest BCUT2D eigenvalue weighted by molar-refractivity contribution is 0.401. The molecule has 7 nitrogen and oxygen atoms in total. The lowest BCUT2D eigenvalue weighted by Gasteiger charge is -2.23. The molecule has 174 valence electrons. The first-order chi connectivity index (χ1) is 15.7. The lowest BCUT2D eigenvalue weighted by atomic mass is 10.0. The molecule has 1 aromatic carbocycles. The van der Waals surface area contributed by atoms with Gasteiger partial charge in [0.25, 0.3) is 5.56 Å². The van der Waals surface area contributed by atoms with Crippen molar-refractivity contribution in [1.82, 2.24) is 14.5 Å². The van der Waals surface area contributed by atoms with Gasteiger partial charge in [0.1, 0.15) is 5.75 Å². The molecule has 0 spiro atoms. The van der Waals surface area contributed by atoms with Gasteiger partial charge in [0, 0.05) is 20.6 Å². The SMILES string of the molecule is C=C/C(C#N)=C\C=C(/C)c1nc(N(C)CCCN(C)C)n(C)c(=O)c1-c1ccc(OC)cc1. The fourth-order valence-corrected chi connectivity index (χ4v) is 3.40. The molecular formula is C26H33N5O2. The summed E-state index contributed by atoms with van der Waals surface area (Å²) in [6, 6.07) is 9.45. The fraction of sp³-hybridized carbons (Fsp3) is 0.346. The maximum atomic E-state index is 13.6. The van der Waals surface area contributed by atoms with Crippen molar-refractivity contribution in [1.29, 1.82) is 5.26 Å². The van der Waals surface area contributed by atoms with Gasteiger partial charge in [-0.3, -0.25) is 9.36 Å². The highest BCUT2D eigenvalue weighted by Gasteiger charge is 2.19. The highest BCUT2D eigenvalue weighted by Crippen LogP contribution is 2.28. The van der Waals surface area contributed by atoms with Crippen LogP contribution in [-0.4, -0.2) is 55.8 Å². The van der Waals surface area contributed by atoms with Gasteiger partial charge in [-0.2, -0.15) is 5.26 Å². The third-order valence-corrected chi connectivity index (χ3v) is 5.32. The molecule has 0 aliphatic rings. The molecule has 0 unspecified atom stereocenters. The number of rotatable bonds is 10. The Labute approximate surface area is 196 Å². The van der Waals surface area contributed by atoms with Crippen molar-refractivity contribution in [2.45, 2.75) is 13.3 Å². The van der Waals surface area contributed by atoms with E-state index in [0.717, 1.165) is 30.6 Å². The van der Waals surface area contributed by atoms with E-state index < -0.39 is 0 Å². The summed E-state index contributed by atoms with van der Waals surface area (Å²) < 4.78 is 6.85. The maximum Gasteiger partial charge on any atom is 0.263 e. The zero-order valence-electron chi connectivity index (χ0n) is 20.4. The van der Waals surface area contributed by atoms with E-state index in [2.05, 4.69) is 17.5 Å². The molecular weight excluding hydrogens is 414 g/mol. The normalized spacial score (nSPS) is 11.9. The highest BCUT2D eigenvalue weighted by atomic mass is 16.5. The molecule has 0 saturated carbocycles. The molecule has 0 N–H and O–H groups in total. The molecule has 0 aliphatic carbocycles. The Morgan fingerprint density at radius 1 is 1.21 bits per heavy atom. The Morgan fingerprint density at radius 3 is 2.42 bits per heavy atom. The summed E-state index contributed by atoms with van der Waals surface area (Å²) in [5.41, 5.74) is 2.91. The number of hydrogen-bond donors (Lipinski definition) is 0. The van der Waals surface area contributed by atoms with Crippen LogP contribution in [0.3, 0.4) is 0 Å². The number of aromatic nitrogens is 2. The molecule has 0 bridgehead atoms. The number of anilines is 1. The van der Waals surface area contributed by atoms with Crippen LogP contribution in [0.15, 0.2) is 59.4 Å². The fourth-order valence-electron chi connectivity index (χ4n) is 3.40. The molecule has 0 fully saturated rings. The van der Waals surface area contributed by atoms with Crippen molar-refractivity contribution < 1.29 is 4.74 Å². The zero-order chi connectivity index (χ0) is 24.5. The molecule has 2 rings (SSSR count). The van der Waals surface area contributed by atoms with E-state index in [4.69, 9.17) is 9.72 Å². The molecule has 33 heavy (non-hydrogen) atoms. The summed E-state index contributed by atoms with van der Waals surface area (Å²) in [4.78, 5) is 22.6. The summed E-state index contributed by atoms with van der Waals surface area (Å²) in [7, 11) is 9.37. The summed E-state index contributed by atoms with van der Waals surface area (Å²) in [5, 5.41) is 9.20. The van der Waals surface area contributed by atoms with Crippen LogP contribution in [0, 0.1) is 11.3 Å². The van der Waals surface area contributed by atoms with E-state index in [-0.39, 0.29) is 5.56 Å². The van der Waals surface area contributed by atoms with Crippen molar-refractivity contribution in [2.75, 3.05) is 46.2 Å². The second-order valence-electron chi connectivity index (χ2n) is 8.09. The first-order valence-corrected chi connectivity index (χ1v) is 10.8. The van der Waals surface area contributed by atoms with Gasteiger partial charge in [-0.05, 0) is 63.3 Å². The van der Waals surface area contributed by atoms with E-state index >= 15 is 0 Å². The van der Waals surface area contributed by atoms with Crippen LogP contribution in [0.1, 0.15) is 19.0 Å². The van der Waals surface area contributed by atoms with Gasteiger partial charge in [-0.1, -0.05) is 30.9 Å². The molecule has 1 heterocycles. The van der Waals surface area contributed by atoms with Crippen molar-refractivity contribution in [3.8, 4) is 22.9 Å². The van der Waals surface area contributed by atoms with E-state index in [9.17, 15) is 10.1 Å². The Hall–Kier alpha value is -3.63. The summed E-state index contributed by atoms with van der Waals surface area (Å²) >= 11 is 0. The largest absolute Gasteiger partial charge is 0.497 e. The molecule has 0 saturated heterocycles. The Bertz CT molecular complexity index is 1130. The standard InChI is InChI=1S/C26H33N5O2/c1-8-20(18-27)11-10-19(2)24-23(21-12-14-22(33-7)15-13-21)25(32)31(6)26(28-24)30(5)17-9-16-29(3)4/h8,10-15H,1,9,16-17H2,2-7H3/b19-10+,20-11+. The van der Waals surface area contributed by atoms with Crippen LogP contribution in [0.25, 0.3) is 16.7 Å². The number of benzene rings is 1. The predicted molar refractivity (Wildman–Crippen MR) is 135 cm³/mol. The first kappa shape index (κ1) is 25.6. The highest BCUT2D eigenvalue weighted by molar-refractivity contribution is 5.79. The van der Waals surface area contributed by atoms with Crippen molar-refractivity contribution >= 4 is 11.5 Å². The number of allylic oxidation sites excluding steroid dienone is 5. The van der Waals surface area contributed by atoms with Crippen LogP contribution in [0.4, 0.5) is 5.95 Å². The van der Waals surface area contributed by atoms with Crippen LogP contribution in [-0.2, 0) is 7.05 Å². The smallest absolute Gasteiger partial charge is 0.263 e. The number of nitrogens with zero attached hydrogens (tertiary/aromatic N) is 5. The summed E-state index contributed by atoms with van der Waals surface area (Å²) in [6.45, 7) is 7.25. The Balaban J connectivity index is 2.67. The second kappa shape index (κ2) is 11.8. The number of hydrogen-bond acceptors (Lipinski definition) is 6. The average molecular weight is 448 g/mol. The van der Waals surface area contributed by atoms with Crippen LogP contribution >= 0.6 is 0 Å². The third-order valence-electron chi connectivity index (χ3n) is 5.32. The first-order valence-electron chi connectivity index (χ1n) is 10.8. The van der Waals surface area contributed by atoms with Gasteiger partial charge in [0.2, 0.25) is 5.95 Å². The monoisotopic (exact) mass is 447 g/mol. The van der Waals surface area contributed by atoms with Gasteiger partial charge in [0.15, 0.2) is 0 Å². The van der Waals surface area contributed by atoms with Crippen molar-refractivity contribution in [3.05, 3.63) is 70.7 Å². The number of nitriles is 1. The van der Waals surface area contributed by atoms with Crippen LogP contribution < -0.4 is 15.2 Å². The Morgan fingerprint density at radius 2 is 1.88 bits per heavy atom. The minimum absolute atomic E-state index is 0.138. The topological polar surface area (TPSA) is 74.4 Å². The van der Waals surface area contributed by atoms with Gasteiger partial charge < -0.3 is 14.5 Å². The van der Waals surface area contributed by atoms with E-state index in [0.29, 0.717) is 28.5 Å². The van der Waals surface area contributed by atoms with Gasteiger partial charge in [-0.25, -0.2) is 4.98 Å². The summed E-state index contributed by atoms with van der Waals surface area (Å²) in [6.07, 6.45) is 5.91. The number of ether oxygens (including phenoxy) is 1. The Kier molecular flexibility index (Phi) is 9.19. The quantitative estimate of drug-likeness (QED) is 0.406. The average Bonchev–Trinajstić information content (AvgIpc) is 2.80.